The summed E-state index contributed by atoms with van der Waals surface area (Å²) in [5, 5.41) is 18.0. The summed E-state index contributed by atoms with van der Waals surface area (Å²) in [6.45, 7) is 15.8. The lowest BCUT2D eigenvalue weighted by molar-refractivity contribution is 0.400. The van der Waals surface area contributed by atoms with Crippen LogP contribution in [-0.2, 0) is 0 Å². The molecule has 43 heavy (non-hydrogen) atoms. The SMILES string of the molecule is CCCCCCC(CC)CN(CC(CC)CCCC)c1ccc(/N=N/c2ccc(/N=N/c3ccccc3)c(C)c2)c(C)c1. The molecule has 2 atom stereocenters. The highest BCUT2D eigenvalue weighted by Crippen LogP contribution is 2.31. The molecule has 0 spiro atoms. The number of azo groups is 2. The fourth-order valence-corrected chi connectivity index (χ4v) is 5.59. The Morgan fingerprint density at radius 2 is 1.14 bits per heavy atom. The number of hydrogen-bond acceptors (Lipinski definition) is 5. The molecule has 0 N–H and O–H groups in total. The number of unbranched alkanes of at least 4 members (excludes halogenated alkanes) is 4. The molecule has 0 aliphatic carbocycles. The molecule has 0 saturated heterocycles. The van der Waals surface area contributed by atoms with E-state index in [4.69, 9.17) is 0 Å². The summed E-state index contributed by atoms with van der Waals surface area (Å²) in [6.07, 6.45) is 13.1. The van der Waals surface area contributed by atoms with Crippen molar-refractivity contribution in [3.63, 3.8) is 0 Å². The minimum absolute atomic E-state index is 0.732. The van der Waals surface area contributed by atoms with Gasteiger partial charge < -0.3 is 4.90 Å². The molecule has 0 bridgehead atoms. The van der Waals surface area contributed by atoms with Gasteiger partial charge in [-0.1, -0.05) is 97.3 Å². The van der Waals surface area contributed by atoms with E-state index >= 15 is 0 Å². The van der Waals surface area contributed by atoms with Crippen molar-refractivity contribution in [2.45, 2.75) is 106 Å². The van der Waals surface area contributed by atoms with Crippen molar-refractivity contribution < 1.29 is 0 Å². The van der Waals surface area contributed by atoms with Gasteiger partial charge in [-0.15, -0.1) is 0 Å². The summed E-state index contributed by atoms with van der Waals surface area (Å²) in [5.41, 5.74) is 6.91. The number of nitrogens with zero attached hydrogens (tertiary/aromatic N) is 5. The Morgan fingerprint density at radius 3 is 1.72 bits per heavy atom. The third-order valence-electron chi connectivity index (χ3n) is 8.57. The van der Waals surface area contributed by atoms with Crippen LogP contribution in [0.1, 0.15) is 103 Å². The lowest BCUT2D eigenvalue weighted by Crippen LogP contribution is -2.34. The number of benzene rings is 3. The molecule has 0 amide bonds. The van der Waals surface area contributed by atoms with Gasteiger partial charge in [0.1, 0.15) is 0 Å². The summed E-state index contributed by atoms with van der Waals surface area (Å²) in [4.78, 5) is 2.68. The second-order valence-electron chi connectivity index (χ2n) is 12.1. The van der Waals surface area contributed by atoms with Crippen LogP contribution in [0, 0.1) is 25.7 Å². The maximum Gasteiger partial charge on any atom is 0.0887 e. The third kappa shape index (κ3) is 11.7. The van der Waals surface area contributed by atoms with Gasteiger partial charge in [0, 0.05) is 18.8 Å². The van der Waals surface area contributed by atoms with Gasteiger partial charge >= 0.3 is 0 Å². The molecular weight excluding hydrogens is 526 g/mol. The summed E-state index contributed by atoms with van der Waals surface area (Å²) in [6, 6.07) is 22.4. The van der Waals surface area contributed by atoms with Crippen LogP contribution >= 0.6 is 0 Å². The van der Waals surface area contributed by atoms with Gasteiger partial charge in [0.15, 0.2) is 0 Å². The first kappa shape index (κ1) is 34.2. The Kier molecular flexibility index (Phi) is 15.1. The number of anilines is 1. The van der Waals surface area contributed by atoms with Crippen LogP contribution in [0.2, 0.25) is 0 Å². The van der Waals surface area contributed by atoms with E-state index in [0.29, 0.717) is 0 Å². The quantitative estimate of drug-likeness (QED) is 0.103. The van der Waals surface area contributed by atoms with Gasteiger partial charge in [0.05, 0.1) is 22.7 Å². The van der Waals surface area contributed by atoms with E-state index < -0.39 is 0 Å². The van der Waals surface area contributed by atoms with Crippen LogP contribution in [0.25, 0.3) is 0 Å². The van der Waals surface area contributed by atoms with Crippen molar-refractivity contribution in [2.24, 2.45) is 32.3 Å². The van der Waals surface area contributed by atoms with Gasteiger partial charge in [-0.25, -0.2) is 0 Å². The lowest BCUT2D eigenvalue weighted by atomic mass is 9.94. The zero-order valence-electron chi connectivity index (χ0n) is 27.7. The Morgan fingerprint density at radius 1 is 0.558 bits per heavy atom. The number of rotatable bonds is 19. The Balaban J connectivity index is 1.74. The monoisotopic (exact) mass is 581 g/mol. The van der Waals surface area contributed by atoms with Crippen LogP contribution in [-0.4, -0.2) is 13.1 Å². The minimum atomic E-state index is 0.732. The smallest absolute Gasteiger partial charge is 0.0887 e. The highest BCUT2D eigenvalue weighted by atomic mass is 15.1. The largest absolute Gasteiger partial charge is 0.371 e. The molecule has 5 nitrogen and oxygen atoms in total. The fourth-order valence-electron chi connectivity index (χ4n) is 5.59. The van der Waals surface area contributed by atoms with E-state index in [1.807, 2.05) is 55.5 Å². The molecule has 232 valence electrons. The second-order valence-corrected chi connectivity index (χ2v) is 12.1. The van der Waals surface area contributed by atoms with Crippen molar-refractivity contribution in [3.05, 3.63) is 77.9 Å². The summed E-state index contributed by atoms with van der Waals surface area (Å²) < 4.78 is 0. The van der Waals surface area contributed by atoms with Crippen molar-refractivity contribution in [1.82, 2.24) is 0 Å². The average Bonchev–Trinajstić information content (AvgIpc) is 3.03. The van der Waals surface area contributed by atoms with Gasteiger partial charge in [-0.05, 0) is 98.2 Å². The molecule has 3 aromatic rings. The Hall–Kier alpha value is -3.34. The third-order valence-corrected chi connectivity index (χ3v) is 8.57. The first-order chi connectivity index (χ1) is 21.0. The van der Waals surface area contributed by atoms with Crippen LogP contribution in [0.3, 0.4) is 0 Å². The van der Waals surface area contributed by atoms with Gasteiger partial charge in [0.2, 0.25) is 0 Å². The zero-order valence-corrected chi connectivity index (χ0v) is 27.7. The first-order valence-corrected chi connectivity index (χ1v) is 16.8. The van der Waals surface area contributed by atoms with Crippen LogP contribution in [0.5, 0.6) is 0 Å². The summed E-state index contributed by atoms with van der Waals surface area (Å²) in [7, 11) is 0. The molecule has 0 radical (unpaired) electrons. The molecule has 0 fully saturated rings. The van der Waals surface area contributed by atoms with E-state index in [0.717, 1.165) is 58.8 Å². The molecule has 0 aliphatic heterocycles. The topological polar surface area (TPSA) is 52.7 Å². The highest BCUT2D eigenvalue weighted by molar-refractivity contribution is 5.58. The van der Waals surface area contributed by atoms with E-state index in [1.165, 1.54) is 69.9 Å². The van der Waals surface area contributed by atoms with Crippen molar-refractivity contribution in [2.75, 3.05) is 18.0 Å². The molecule has 5 heteroatoms. The first-order valence-electron chi connectivity index (χ1n) is 16.8. The molecular formula is C38H55N5. The summed E-state index contributed by atoms with van der Waals surface area (Å²) in [5.74, 6) is 1.47. The predicted octanol–water partition coefficient (Wildman–Crippen LogP) is 13.2. The molecule has 3 rings (SSSR count). The predicted molar refractivity (Wildman–Crippen MR) is 185 cm³/mol. The minimum Gasteiger partial charge on any atom is -0.371 e. The maximum atomic E-state index is 4.65. The van der Waals surface area contributed by atoms with E-state index in [-0.39, 0.29) is 0 Å². The van der Waals surface area contributed by atoms with Crippen LogP contribution in [0.15, 0.2) is 87.2 Å². The van der Waals surface area contributed by atoms with E-state index in [9.17, 15) is 0 Å². The van der Waals surface area contributed by atoms with Crippen LogP contribution in [0.4, 0.5) is 28.4 Å². The van der Waals surface area contributed by atoms with E-state index in [1.54, 1.807) is 0 Å². The standard InChI is InChI=1S/C38H55N5/c1-7-11-13-15-19-33(10-4)29-43(28-32(9-3)18-12-8-2)36-23-25-38(31(6)27-36)42-40-35-22-24-37(30(5)26-35)41-39-34-20-16-14-17-21-34/h14,16-17,20-27,32-33H,7-13,15,18-19,28-29H2,1-6H3/b41-39+,42-40+. The second kappa shape index (κ2) is 19.0. The fraction of sp³-hybridized carbons (Fsp3) is 0.526. The van der Waals surface area contributed by atoms with Crippen molar-refractivity contribution >= 4 is 28.4 Å². The van der Waals surface area contributed by atoms with Gasteiger partial charge in [0.25, 0.3) is 0 Å². The highest BCUT2D eigenvalue weighted by Gasteiger charge is 2.18. The Labute approximate surface area is 261 Å². The molecule has 2 unspecified atom stereocenters. The maximum absolute atomic E-state index is 4.65. The van der Waals surface area contributed by atoms with E-state index in [2.05, 4.69) is 78.2 Å². The number of hydrogen-bond donors (Lipinski definition) is 0. The molecule has 0 aromatic heterocycles. The van der Waals surface area contributed by atoms with Gasteiger partial charge in [-0.3, -0.25) is 0 Å². The lowest BCUT2D eigenvalue weighted by Gasteiger charge is -2.33. The van der Waals surface area contributed by atoms with Crippen molar-refractivity contribution in [3.8, 4) is 0 Å². The van der Waals surface area contributed by atoms with Crippen molar-refractivity contribution in [1.29, 1.82) is 0 Å². The van der Waals surface area contributed by atoms with Crippen LogP contribution < -0.4 is 4.90 Å². The number of aryl methyl sites for hydroxylation is 2. The summed E-state index contributed by atoms with van der Waals surface area (Å²) >= 11 is 0. The molecule has 0 heterocycles. The molecule has 3 aromatic carbocycles. The zero-order chi connectivity index (χ0) is 30.9. The molecule has 0 saturated carbocycles. The average molecular weight is 582 g/mol. The van der Waals surface area contributed by atoms with Gasteiger partial charge in [-0.2, -0.15) is 20.5 Å². The molecule has 0 aliphatic rings. The Bertz CT molecular complexity index is 1270. The normalized spacial score (nSPS) is 13.2.